The first-order chi connectivity index (χ1) is 13.6. The Morgan fingerprint density at radius 1 is 1.00 bits per heavy atom. The second kappa shape index (κ2) is 8.24. The van der Waals surface area contributed by atoms with Crippen molar-refractivity contribution < 1.29 is 9.59 Å². The molecule has 2 aliphatic carbocycles. The predicted octanol–water partition coefficient (Wildman–Crippen LogP) is 3.40. The van der Waals surface area contributed by atoms with Gasteiger partial charge in [-0.15, -0.1) is 0 Å². The van der Waals surface area contributed by atoms with Crippen LogP contribution in [-0.2, 0) is 15.0 Å². The van der Waals surface area contributed by atoms with Gasteiger partial charge in [0.2, 0.25) is 11.8 Å². The highest BCUT2D eigenvalue weighted by molar-refractivity contribution is 5.94. The number of benzene rings is 1. The van der Waals surface area contributed by atoms with Gasteiger partial charge in [-0.1, -0.05) is 38.3 Å². The van der Waals surface area contributed by atoms with Crippen molar-refractivity contribution in [2.75, 3.05) is 38.0 Å². The van der Waals surface area contributed by atoms with Crippen LogP contribution in [0.3, 0.4) is 0 Å². The molecule has 1 heterocycles. The van der Waals surface area contributed by atoms with E-state index in [1.165, 1.54) is 6.42 Å². The first-order valence-corrected chi connectivity index (χ1v) is 11.1. The molecule has 5 heteroatoms. The van der Waals surface area contributed by atoms with Gasteiger partial charge in [0.15, 0.2) is 0 Å². The van der Waals surface area contributed by atoms with Crippen molar-refractivity contribution in [1.29, 1.82) is 0 Å². The molecule has 1 N–H and O–H groups in total. The summed E-state index contributed by atoms with van der Waals surface area (Å²) in [5.74, 6) is 0.649. The third kappa shape index (κ3) is 3.95. The van der Waals surface area contributed by atoms with E-state index >= 15 is 0 Å². The zero-order chi connectivity index (χ0) is 19.6. The van der Waals surface area contributed by atoms with Gasteiger partial charge >= 0.3 is 0 Å². The molecule has 2 amide bonds. The summed E-state index contributed by atoms with van der Waals surface area (Å²) in [6.07, 6.45) is 7.33. The van der Waals surface area contributed by atoms with E-state index in [1.54, 1.807) is 0 Å². The predicted molar refractivity (Wildman–Crippen MR) is 111 cm³/mol. The molecule has 0 unspecified atom stereocenters. The summed E-state index contributed by atoms with van der Waals surface area (Å²) in [7, 11) is 0. The van der Waals surface area contributed by atoms with Crippen molar-refractivity contribution in [3.63, 3.8) is 0 Å². The number of rotatable bonds is 5. The van der Waals surface area contributed by atoms with Crippen LogP contribution in [-0.4, -0.2) is 54.3 Å². The Balaban J connectivity index is 1.51. The highest BCUT2D eigenvalue weighted by atomic mass is 16.2. The summed E-state index contributed by atoms with van der Waals surface area (Å²) in [5, 5.41) is 3.01. The average Bonchev–Trinajstić information content (AvgIpc) is 3.60. The smallest absolute Gasteiger partial charge is 0.233 e. The Morgan fingerprint density at radius 3 is 2.21 bits per heavy atom. The minimum atomic E-state index is -0.383. The third-order valence-corrected chi connectivity index (χ3v) is 6.88. The van der Waals surface area contributed by atoms with Crippen molar-refractivity contribution >= 4 is 17.5 Å². The Hall–Kier alpha value is -1.88. The van der Waals surface area contributed by atoms with Crippen molar-refractivity contribution in [3.05, 3.63) is 29.8 Å². The average molecular weight is 384 g/mol. The van der Waals surface area contributed by atoms with Gasteiger partial charge in [0.1, 0.15) is 0 Å². The first-order valence-electron chi connectivity index (χ1n) is 11.1. The lowest BCUT2D eigenvalue weighted by Gasteiger charge is -2.43. The molecule has 3 fully saturated rings. The molecular weight excluding hydrogens is 350 g/mol. The van der Waals surface area contributed by atoms with Crippen molar-refractivity contribution in [3.8, 4) is 0 Å². The molecule has 0 atom stereocenters. The number of nitrogens with zero attached hydrogens (tertiary/aromatic N) is 2. The van der Waals surface area contributed by atoms with E-state index in [-0.39, 0.29) is 17.2 Å². The molecule has 1 aliphatic heterocycles. The van der Waals surface area contributed by atoms with E-state index in [1.807, 2.05) is 12.1 Å². The normalized spacial score (nSPS) is 22.7. The number of hydrogen-bond acceptors (Lipinski definition) is 3. The molecule has 0 bridgehead atoms. The zero-order valence-electron chi connectivity index (χ0n) is 17.1. The fraction of sp³-hybridized carbons (Fsp3) is 0.652. The van der Waals surface area contributed by atoms with Crippen LogP contribution >= 0.6 is 0 Å². The SMILES string of the molecule is CCN1CCN(C(=O)C2(c3ccc(NC(=O)C4CC4)cc3)CCCCC2)CC1. The molecular formula is C23H33N3O2. The lowest BCUT2D eigenvalue weighted by atomic mass is 9.68. The lowest BCUT2D eigenvalue weighted by molar-refractivity contribution is -0.140. The van der Waals surface area contributed by atoms with Gasteiger partial charge in [-0.25, -0.2) is 0 Å². The number of piperazine rings is 1. The number of nitrogens with one attached hydrogen (secondary N) is 1. The van der Waals surface area contributed by atoms with Crippen LogP contribution in [0.1, 0.15) is 57.4 Å². The number of likely N-dealkylation sites (N-methyl/N-ethyl adjacent to an activating group) is 1. The topological polar surface area (TPSA) is 52.6 Å². The number of carbonyl (C=O) groups is 2. The van der Waals surface area contributed by atoms with Crippen LogP contribution in [0.4, 0.5) is 5.69 Å². The second-order valence-electron chi connectivity index (χ2n) is 8.71. The molecule has 1 aromatic carbocycles. The van der Waals surface area contributed by atoms with Crippen LogP contribution in [0, 0.1) is 5.92 Å². The zero-order valence-corrected chi connectivity index (χ0v) is 17.1. The minimum absolute atomic E-state index is 0.130. The highest BCUT2D eigenvalue weighted by Gasteiger charge is 2.44. The van der Waals surface area contributed by atoms with Crippen molar-refractivity contribution in [2.24, 2.45) is 5.92 Å². The third-order valence-electron chi connectivity index (χ3n) is 6.88. The molecule has 28 heavy (non-hydrogen) atoms. The van der Waals surface area contributed by atoms with Crippen molar-refractivity contribution in [1.82, 2.24) is 9.80 Å². The monoisotopic (exact) mass is 383 g/mol. The Bertz CT molecular complexity index is 697. The summed E-state index contributed by atoms with van der Waals surface area (Å²) in [6.45, 7) is 6.87. The molecule has 1 saturated heterocycles. The molecule has 0 radical (unpaired) electrons. The van der Waals surface area contributed by atoms with E-state index in [0.717, 1.165) is 82.5 Å². The summed E-state index contributed by atoms with van der Waals surface area (Å²) in [6, 6.07) is 8.12. The second-order valence-corrected chi connectivity index (χ2v) is 8.71. The molecule has 5 nitrogen and oxygen atoms in total. The van der Waals surface area contributed by atoms with Crippen LogP contribution < -0.4 is 5.32 Å². The number of hydrogen-bond donors (Lipinski definition) is 1. The van der Waals surface area contributed by atoms with Gasteiger partial charge in [0, 0.05) is 37.8 Å². The molecule has 4 rings (SSSR count). The van der Waals surface area contributed by atoms with Crippen LogP contribution in [0.15, 0.2) is 24.3 Å². The van der Waals surface area contributed by atoms with Gasteiger partial charge in [0.25, 0.3) is 0 Å². The fourth-order valence-corrected chi connectivity index (χ4v) is 4.81. The Morgan fingerprint density at radius 2 is 1.64 bits per heavy atom. The van der Waals surface area contributed by atoms with Gasteiger partial charge in [-0.05, 0) is 49.9 Å². The van der Waals surface area contributed by atoms with E-state index in [2.05, 4.69) is 34.2 Å². The maximum absolute atomic E-state index is 13.7. The van der Waals surface area contributed by atoms with E-state index in [0.29, 0.717) is 5.91 Å². The molecule has 0 spiro atoms. The first kappa shape index (κ1) is 19.4. The molecule has 152 valence electrons. The summed E-state index contributed by atoms with van der Waals surface area (Å²) in [4.78, 5) is 30.2. The summed E-state index contributed by atoms with van der Waals surface area (Å²) < 4.78 is 0. The maximum atomic E-state index is 13.7. The van der Waals surface area contributed by atoms with Gasteiger partial charge in [0.05, 0.1) is 5.41 Å². The standard InChI is InChI=1S/C23H33N3O2/c1-2-25-14-16-26(17-15-25)22(28)23(12-4-3-5-13-23)19-8-10-20(11-9-19)24-21(27)18-6-7-18/h8-11,18H,2-7,12-17H2,1H3,(H,24,27). The summed E-state index contributed by atoms with van der Waals surface area (Å²) >= 11 is 0. The molecule has 3 aliphatic rings. The lowest BCUT2D eigenvalue weighted by Crippen LogP contribution is -2.55. The van der Waals surface area contributed by atoms with E-state index in [4.69, 9.17) is 0 Å². The van der Waals surface area contributed by atoms with Gasteiger partial charge < -0.3 is 15.1 Å². The van der Waals surface area contributed by atoms with Gasteiger partial charge in [-0.2, -0.15) is 0 Å². The number of anilines is 1. The Kier molecular flexibility index (Phi) is 5.72. The van der Waals surface area contributed by atoms with Gasteiger partial charge in [-0.3, -0.25) is 9.59 Å². The van der Waals surface area contributed by atoms with Crippen LogP contribution in [0.25, 0.3) is 0 Å². The van der Waals surface area contributed by atoms with E-state index in [9.17, 15) is 9.59 Å². The Labute approximate surface area is 168 Å². The number of carbonyl (C=O) groups excluding carboxylic acids is 2. The quantitative estimate of drug-likeness (QED) is 0.848. The molecule has 0 aromatic heterocycles. The van der Waals surface area contributed by atoms with Crippen LogP contribution in [0.5, 0.6) is 0 Å². The van der Waals surface area contributed by atoms with E-state index < -0.39 is 0 Å². The fourth-order valence-electron chi connectivity index (χ4n) is 4.81. The van der Waals surface area contributed by atoms with Crippen molar-refractivity contribution in [2.45, 2.75) is 57.3 Å². The van der Waals surface area contributed by atoms with Crippen LogP contribution in [0.2, 0.25) is 0 Å². The number of amides is 2. The summed E-state index contributed by atoms with van der Waals surface area (Å²) in [5.41, 5.74) is 1.58. The largest absolute Gasteiger partial charge is 0.339 e. The minimum Gasteiger partial charge on any atom is -0.339 e. The molecule has 2 saturated carbocycles. The molecule has 1 aromatic rings. The highest BCUT2D eigenvalue weighted by Crippen LogP contribution is 2.41. The maximum Gasteiger partial charge on any atom is 0.233 e.